The highest BCUT2D eigenvalue weighted by molar-refractivity contribution is 7.08. The molecule has 0 bridgehead atoms. The van der Waals surface area contributed by atoms with Crippen molar-refractivity contribution in [2.75, 3.05) is 20.3 Å². The van der Waals surface area contributed by atoms with Crippen LogP contribution in [-0.4, -0.2) is 26.2 Å². The molecule has 0 spiro atoms. The Morgan fingerprint density at radius 2 is 1.95 bits per heavy atom. The number of rotatable bonds is 6. The van der Waals surface area contributed by atoms with Crippen LogP contribution in [0.3, 0.4) is 0 Å². The van der Waals surface area contributed by atoms with Gasteiger partial charge in [-0.2, -0.15) is 11.3 Å². The van der Waals surface area contributed by atoms with Gasteiger partial charge in [0, 0.05) is 10.9 Å². The highest BCUT2D eigenvalue weighted by Crippen LogP contribution is 2.16. The van der Waals surface area contributed by atoms with Crippen LogP contribution in [0, 0.1) is 0 Å². The lowest BCUT2D eigenvalue weighted by Crippen LogP contribution is -2.27. The summed E-state index contributed by atoms with van der Waals surface area (Å²) in [5.41, 5.74) is 0.689. The predicted octanol–water partition coefficient (Wildman–Crippen LogP) is 2.57. The molecule has 0 fully saturated rings. The van der Waals surface area contributed by atoms with Crippen molar-refractivity contribution in [3.8, 4) is 11.5 Å². The van der Waals surface area contributed by atoms with Gasteiger partial charge < -0.3 is 14.8 Å². The third kappa shape index (κ3) is 3.99. The number of amides is 1. The number of benzene rings is 1. The molecule has 0 atom stereocenters. The molecule has 19 heavy (non-hydrogen) atoms. The van der Waals surface area contributed by atoms with Gasteiger partial charge in [-0.15, -0.1) is 0 Å². The van der Waals surface area contributed by atoms with E-state index >= 15 is 0 Å². The quantitative estimate of drug-likeness (QED) is 0.826. The topological polar surface area (TPSA) is 47.6 Å². The molecule has 0 unspecified atom stereocenters. The molecule has 0 aliphatic rings. The van der Waals surface area contributed by atoms with Crippen molar-refractivity contribution >= 4 is 17.2 Å². The highest BCUT2D eigenvalue weighted by Gasteiger charge is 2.04. The van der Waals surface area contributed by atoms with Crippen molar-refractivity contribution in [1.82, 2.24) is 5.32 Å². The smallest absolute Gasteiger partial charge is 0.252 e. The molecule has 1 heterocycles. The molecule has 4 nitrogen and oxygen atoms in total. The summed E-state index contributed by atoms with van der Waals surface area (Å²) >= 11 is 1.50. The molecular weight excluding hydrogens is 262 g/mol. The van der Waals surface area contributed by atoms with Crippen LogP contribution in [-0.2, 0) is 0 Å². The highest BCUT2D eigenvalue weighted by atomic mass is 32.1. The SMILES string of the molecule is COc1ccc(OCCNC(=O)c2ccsc2)cc1. The van der Waals surface area contributed by atoms with Crippen LogP contribution in [0.4, 0.5) is 0 Å². The monoisotopic (exact) mass is 277 g/mol. The average molecular weight is 277 g/mol. The molecule has 5 heteroatoms. The lowest BCUT2D eigenvalue weighted by atomic mass is 10.3. The summed E-state index contributed by atoms with van der Waals surface area (Å²) < 4.78 is 10.6. The van der Waals surface area contributed by atoms with Gasteiger partial charge in [-0.1, -0.05) is 0 Å². The van der Waals surface area contributed by atoms with Gasteiger partial charge >= 0.3 is 0 Å². The molecular formula is C14H15NO3S. The maximum Gasteiger partial charge on any atom is 0.252 e. The Kier molecular flexibility index (Phi) is 4.80. The number of methoxy groups -OCH3 is 1. The van der Waals surface area contributed by atoms with E-state index in [1.165, 1.54) is 11.3 Å². The predicted molar refractivity (Wildman–Crippen MR) is 75.1 cm³/mol. The molecule has 1 amide bonds. The van der Waals surface area contributed by atoms with E-state index < -0.39 is 0 Å². The van der Waals surface area contributed by atoms with Gasteiger partial charge in [0.15, 0.2) is 0 Å². The van der Waals surface area contributed by atoms with Crippen molar-refractivity contribution in [1.29, 1.82) is 0 Å². The van der Waals surface area contributed by atoms with E-state index in [0.717, 1.165) is 11.5 Å². The summed E-state index contributed by atoms with van der Waals surface area (Å²) in [5, 5.41) is 6.49. The summed E-state index contributed by atoms with van der Waals surface area (Å²) in [6.07, 6.45) is 0. The second-order valence-corrected chi connectivity index (χ2v) is 4.57. The van der Waals surface area contributed by atoms with E-state index in [9.17, 15) is 4.79 Å². The zero-order valence-corrected chi connectivity index (χ0v) is 11.4. The van der Waals surface area contributed by atoms with Crippen LogP contribution in [0.2, 0.25) is 0 Å². The Labute approximate surface area is 116 Å². The minimum absolute atomic E-state index is 0.0698. The zero-order chi connectivity index (χ0) is 13.5. The second kappa shape index (κ2) is 6.80. The van der Waals surface area contributed by atoms with E-state index in [2.05, 4.69) is 5.32 Å². The Hall–Kier alpha value is -2.01. The van der Waals surface area contributed by atoms with Crippen LogP contribution < -0.4 is 14.8 Å². The average Bonchev–Trinajstić information content (AvgIpc) is 2.98. The van der Waals surface area contributed by atoms with E-state index in [0.29, 0.717) is 18.7 Å². The fraction of sp³-hybridized carbons (Fsp3) is 0.214. The van der Waals surface area contributed by atoms with Gasteiger partial charge in [-0.25, -0.2) is 0 Å². The van der Waals surface area contributed by atoms with Gasteiger partial charge in [0.1, 0.15) is 18.1 Å². The normalized spacial score (nSPS) is 9.95. The first-order valence-electron chi connectivity index (χ1n) is 5.87. The molecule has 1 aromatic carbocycles. The molecule has 1 N–H and O–H groups in total. The standard InChI is InChI=1S/C14H15NO3S/c1-17-12-2-4-13(5-3-12)18-8-7-15-14(16)11-6-9-19-10-11/h2-6,9-10H,7-8H2,1H3,(H,15,16). The van der Waals surface area contributed by atoms with Crippen molar-refractivity contribution in [2.45, 2.75) is 0 Å². The van der Waals surface area contributed by atoms with Gasteiger partial charge in [-0.3, -0.25) is 4.79 Å². The molecule has 0 aliphatic heterocycles. The van der Waals surface area contributed by atoms with Crippen LogP contribution in [0.25, 0.3) is 0 Å². The Bertz CT molecular complexity index is 508. The first kappa shape index (κ1) is 13.4. The lowest BCUT2D eigenvalue weighted by molar-refractivity contribution is 0.0947. The lowest BCUT2D eigenvalue weighted by Gasteiger charge is -2.07. The van der Waals surface area contributed by atoms with Crippen LogP contribution in [0.15, 0.2) is 41.1 Å². The van der Waals surface area contributed by atoms with E-state index in [4.69, 9.17) is 9.47 Å². The van der Waals surface area contributed by atoms with E-state index in [1.54, 1.807) is 13.2 Å². The minimum atomic E-state index is -0.0698. The number of ether oxygens (including phenoxy) is 2. The van der Waals surface area contributed by atoms with Crippen molar-refractivity contribution in [3.05, 3.63) is 46.7 Å². The maximum absolute atomic E-state index is 11.6. The third-order valence-corrected chi connectivity index (χ3v) is 3.18. The fourth-order valence-electron chi connectivity index (χ4n) is 1.50. The largest absolute Gasteiger partial charge is 0.497 e. The number of nitrogens with one attached hydrogen (secondary N) is 1. The molecule has 0 aliphatic carbocycles. The zero-order valence-electron chi connectivity index (χ0n) is 10.6. The summed E-state index contributed by atoms with van der Waals surface area (Å²) in [4.78, 5) is 11.6. The van der Waals surface area contributed by atoms with Crippen LogP contribution in [0.5, 0.6) is 11.5 Å². The van der Waals surface area contributed by atoms with Crippen molar-refractivity contribution < 1.29 is 14.3 Å². The van der Waals surface area contributed by atoms with Crippen molar-refractivity contribution in [3.63, 3.8) is 0 Å². The van der Waals surface area contributed by atoms with Crippen LogP contribution >= 0.6 is 11.3 Å². The number of thiophene rings is 1. The third-order valence-electron chi connectivity index (χ3n) is 2.50. The van der Waals surface area contributed by atoms with E-state index in [1.807, 2.05) is 35.0 Å². The molecule has 2 rings (SSSR count). The number of hydrogen-bond acceptors (Lipinski definition) is 4. The first-order chi connectivity index (χ1) is 9.29. The molecule has 0 saturated heterocycles. The summed E-state index contributed by atoms with van der Waals surface area (Å²) in [7, 11) is 1.62. The summed E-state index contributed by atoms with van der Waals surface area (Å²) in [6, 6.07) is 9.13. The van der Waals surface area contributed by atoms with Gasteiger partial charge in [0.25, 0.3) is 5.91 Å². The molecule has 1 aromatic heterocycles. The molecule has 0 saturated carbocycles. The molecule has 0 radical (unpaired) electrons. The Balaban J connectivity index is 1.70. The molecule has 2 aromatic rings. The minimum Gasteiger partial charge on any atom is -0.497 e. The Morgan fingerprint density at radius 1 is 1.21 bits per heavy atom. The van der Waals surface area contributed by atoms with Gasteiger partial charge in [0.2, 0.25) is 0 Å². The second-order valence-electron chi connectivity index (χ2n) is 3.79. The summed E-state index contributed by atoms with van der Waals surface area (Å²) in [6.45, 7) is 0.906. The fourth-order valence-corrected chi connectivity index (χ4v) is 2.14. The number of carbonyl (C=O) groups excluding carboxylic acids is 1. The maximum atomic E-state index is 11.6. The molecule has 100 valence electrons. The first-order valence-corrected chi connectivity index (χ1v) is 6.81. The van der Waals surface area contributed by atoms with E-state index in [-0.39, 0.29) is 5.91 Å². The van der Waals surface area contributed by atoms with Crippen molar-refractivity contribution in [2.24, 2.45) is 0 Å². The number of hydrogen-bond donors (Lipinski definition) is 1. The Morgan fingerprint density at radius 3 is 2.58 bits per heavy atom. The summed E-state index contributed by atoms with van der Waals surface area (Å²) in [5.74, 6) is 1.48. The van der Waals surface area contributed by atoms with Crippen LogP contribution in [0.1, 0.15) is 10.4 Å². The van der Waals surface area contributed by atoms with Gasteiger partial charge in [0.05, 0.1) is 13.7 Å². The van der Waals surface area contributed by atoms with Gasteiger partial charge in [-0.05, 0) is 35.7 Å². The number of carbonyl (C=O) groups is 1.